The van der Waals surface area contributed by atoms with Crippen LogP contribution in [0.4, 0.5) is 0 Å². The normalized spacial score (nSPS) is 10.9. The number of aryl methyl sites for hydroxylation is 3. The minimum Gasteiger partial charge on any atom is -0.267 e. The van der Waals surface area contributed by atoms with Crippen LogP contribution in [0.15, 0.2) is 66.7 Å². The highest BCUT2D eigenvalue weighted by Gasteiger charge is 2.21. The van der Waals surface area contributed by atoms with Crippen LogP contribution in [0, 0.1) is 13.8 Å². The minimum atomic E-state index is -0.643. The van der Waals surface area contributed by atoms with Gasteiger partial charge in [-0.2, -0.15) is 5.10 Å². The van der Waals surface area contributed by atoms with Crippen molar-refractivity contribution in [3.8, 4) is 17.1 Å². The van der Waals surface area contributed by atoms with Crippen LogP contribution < -0.4 is 10.9 Å². The highest BCUT2D eigenvalue weighted by Crippen LogP contribution is 2.22. The Morgan fingerprint density at radius 2 is 1.49 bits per heavy atom. The van der Waals surface area contributed by atoms with Gasteiger partial charge in [-0.1, -0.05) is 48.5 Å². The van der Waals surface area contributed by atoms with E-state index in [0.29, 0.717) is 33.8 Å². The molecule has 0 saturated heterocycles. The molecule has 0 aliphatic carbocycles. The molecule has 0 saturated carbocycles. The topological polar surface area (TPSA) is 120 Å². The Bertz CT molecular complexity index is 1500. The number of rotatable bonds is 4. The molecule has 0 atom stereocenters. The summed E-state index contributed by atoms with van der Waals surface area (Å²) in [5, 5.41) is 9.39. The summed E-state index contributed by atoms with van der Waals surface area (Å²) in [4.78, 5) is 34.8. The monoisotopic (exact) mass is 466 g/mol. The van der Waals surface area contributed by atoms with Crippen molar-refractivity contribution in [2.24, 2.45) is 7.05 Å². The molecular formula is C25H22N8O2. The van der Waals surface area contributed by atoms with E-state index in [0.717, 1.165) is 11.3 Å². The molecule has 3 heterocycles. The van der Waals surface area contributed by atoms with Gasteiger partial charge in [-0.15, -0.1) is 5.10 Å². The zero-order chi connectivity index (χ0) is 24.5. The van der Waals surface area contributed by atoms with E-state index in [1.807, 2.05) is 60.7 Å². The van der Waals surface area contributed by atoms with Gasteiger partial charge in [0.1, 0.15) is 0 Å². The number of amides is 2. The predicted molar refractivity (Wildman–Crippen MR) is 130 cm³/mol. The minimum absolute atomic E-state index is 0.0818. The van der Waals surface area contributed by atoms with Gasteiger partial charge in [0.05, 0.1) is 22.3 Å². The number of nitrogens with one attached hydrogen (secondary N) is 2. The number of hydrogen-bond donors (Lipinski definition) is 2. The smallest absolute Gasteiger partial charge is 0.267 e. The van der Waals surface area contributed by atoms with Gasteiger partial charge in [0.15, 0.2) is 11.5 Å². The third kappa shape index (κ3) is 4.12. The van der Waals surface area contributed by atoms with Crippen molar-refractivity contribution in [2.45, 2.75) is 13.8 Å². The van der Waals surface area contributed by atoms with Crippen molar-refractivity contribution in [2.75, 3.05) is 0 Å². The summed E-state index contributed by atoms with van der Waals surface area (Å²) in [7, 11) is 1.77. The van der Waals surface area contributed by atoms with Crippen molar-refractivity contribution < 1.29 is 9.59 Å². The average Bonchev–Trinajstić information content (AvgIpc) is 3.44. The Hall–Kier alpha value is -4.86. The summed E-state index contributed by atoms with van der Waals surface area (Å²) in [6.07, 6.45) is 0. The second-order valence-corrected chi connectivity index (χ2v) is 8.00. The lowest BCUT2D eigenvalue weighted by Crippen LogP contribution is -2.42. The first-order chi connectivity index (χ1) is 16.9. The Morgan fingerprint density at radius 3 is 2.20 bits per heavy atom. The Balaban J connectivity index is 1.43. The number of aromatic nitrogens is 6. The number of carbonyl (C=O) groups excluding carboxylic acids is 2. The summed E-state index contributed by atoms with van der Waals surface area (Å²) < 4.78 is 3.22. The first kappa shape index (κ1) is 22.0. The van der Waals surface area contributed by atoms with Crippen LogP contribution >= 0.6 is 0 Å². The second-order valence-electron chi connectivity index (χ2n) is 8.00. The summed E-state index contributed by atoms with van der Waals surface area (Å²) in [6, 6.07) is 20.5. The van der Waals surface area contributed by atoms with Crippen LogP contribution in [0.25, 0.3) is 28.1 Å². The number of hydrazine groups is 1. The van der Waals surface area contributed by atoms with Crippen LogP contribution in [0.2, 0.25) is 0 Å². The largest absolute Gasteiger partial charge is 0.309 e. The van der Waals surface area contributed by atoms with Crippen LogP contribution in [-0.2, 0) is 7.05 Å². The first-order valence-corrected chi connectivity index (χ1v) is 10.9. The van der Waals surface area contributed by atoms with E-state index in [2.05, 4.69) is 31.0 Å². The Kier molecular flexibility index (Phi) is 5.54. The molecule has 2 aromatic carbocycles. The van der Waals surface area contributed by atoms with Crippen molar-refractivity contribution in [1.82, 2.24) is 40.4 Å². The molecule has 10 nitrogen and oxygen atoms in total. The molecule has 35 heavy (non-hydrogen) atoms. The maximum absolute atomic E-state index is 13.0. The lowest BCUT2D eigenvalue weighted by molar-refractivity contribution is 0.0841. The zero-order valence-corrected chi connectivity index (χ0v) is 19.4. The van der Waals surface area contributed by atoms with Crippen LogP contribution in [0.3, 0.4) is 0 Å². The molecule has 0 bridgehead atoms. The van der Waals surface area contributed by atoms with Gasteiger partial charge in [-0.05, 0) is 32.0 Å². The molecule has 0 radical (unpaired) electrons. The van der Waals surface area contributed by atoms with E-state index in [1.165, 1.54) is 0 Å². The number of pyridine rings is 1. The quantitative estimate of drug-likeness (QED) is 0.393. The molecule has 2 amide bonds. The molecular weight excluding hydrogens is 444 g/mol. The molecule has 10 heteroatoms. The first-order valence-electron chi connectivity index (χ1n) is 10.9. The summed E-state index contributed by atoms with van der Waals surface area (Å²) >= 11 is 0. The number of hydrogen-bond acceptors (Lipinski definition) is 6. The van der Waals surface area contributed by atoms with E-state index in [1.54, 1.807) is 36.3 Å². The Morgan fingerprint density at radius 1 is 0.829 bits per heavy atom. The molecule has 0 aliphatic heterocycles. The molecule has 5 rings (SSSR count). The van der Waals surface area contributed by atoms with Crippen LogP contribution in [0.1, 0.15) is 32.4 Å². The number of para-hydroxylation sites is 1. The molecule has 0 unspecified atom stereocenters. The molecule has 174 valence electrons. The maximum Gasteiger partial charge on any atom is 0.309 e. The summed E-state index contributed by atoms with van der Waals surface area (Å²) in [5.74, 6) is -0.710. The fraction of sp³-hybridized carbons (Fsp3) is 0.120. The van der Waals surface area contributed by atoms with Gasteiger partial charge in [-0.25, -0.2) is 14.6 Å². The number of nitrogens with zero attached hydrogens (tertiary/aromatic N) is 6. The van der Waals surface area contributed by atoms with E-state index in [4.69, 9.17) is 0 Å². The SMILES string of the molecule is Cc1cc(C(=O)NNC(=O)c2nc(-c3ccccc3)n(-c3ccccc3)n2)c2c(C)nn(C)c2n1. The molecule has 2 N–H and O–H groups in total. The number of carbonyl (C=O) groups is 2. The van der Waals surface area contributed by atoms with Crippen molar-refractivity contribution >= 4 is 22.8 Å². The van der Waals surface area contributed by atoms with Crippen LogP contribution in [-0.4, -0.2) is 41.3 Å². The van der Waals surface area contributed by atoms with E-state index >= 15 is 0 Å². The van der Waals surface area contributed by atoms with Crippen molar-refractivity contribution in [3.63, 3.8) is 0 Å². The maximum atomic E-state index is 13.0. The lowest BCUT2D eigenvalue weighted by Gasteiger charge is -2.08. The molecule has 0 fully saturated rings. The molecule has 3 aromatic heterocycles. The standard InChI is InChI=1S/C25H22N8O2/c1-15-14-19(20-16(2)30-32(3)23(20)26-15)24(34)28-29-25(35)21-27-22(17-10-6-4-7-11-17)33(31-21)18-12-8-5-9-13-18/h4-14H,1-3H3,(H,28,34)(H,29,35). The lowest BCUT2D eigenvalue weighted by atomic mass is 10.1. The fourth-order valence-electron chi connectivity index (χ4n) is 3.92. The molecule has 0 aliphatic rings. The van der Waals surface area contributed by atoms with E-state index < -0.39 is 11.8 Å². The average molecular weight is 467 g/mol. The highest BCUT2D eigenvalue weighted by molar-refractivity contribution is 6.07. The third-order valence-corrected chi connectivity index (χ3v) is 5.47. The van der Waals surface area contributed by atoms with Crippen molar-refractivity contribution in [1.29, 1.82) is 0 Å². The van der Waals surface area contributed by atoms with Crippen LogP contribution in [0.5, 0.6) is 0 Å². The zero-order valence-electron chi connectivity index (χ0n) is 19.4. The molecule has 0 spiro atoms. The third-order valence-electron chi connectivity index (χ3n) is 5.47. The molecule has 5 aromatic rings. The van der Waals surface area contributed by atoms with E-state index in [-0.39, 0.29) is 5.82 Å². The van der Waals surface area contributed by atoms with Gasteiger partial charge >= 0.3 is 5.91 Å². The highest BCUT2D eigenvalue weighted by atomic mass is 16.2. The number of fused-ring (bicyclic) bond motifs is 1. The van der Waals surface area contributed by atoms with Gasteiger partial charge < -0.3 is 0 Å². The Labute approximate surface area is 200 Å². The number of benzene rings is 2. The van der Waals surface area contributed by atoms with E-state index in [9.17, 15) is 9.59 Å². The van der Waals surface area contributed by atoms with Gasteiger partial charge in [0.2, 0.25) is 5.82 Å². The van der Waals surface area contributed by atoms with Gasteiger partial charge in [-0.3, -0.25) is 25.1 Å². The second kappa shape index (κ2) is 8.82. The predicted octanol–water partition coefficient (Wildman–Crippen LogP) is 2.91. The van der Waals surface area contributed by atoms with Gasteiger partial charge in [0, 0.05) is 18.3 Å². The fourth-order valence-corrected chi connectivity index (χ4v) is 3.92. The summed E-state index contributed by atoms with van der Waals surface area (Å²) in [5.41, 5.74) is 8.74. The summed E-state index contributed by atoms with van der Waals surface area (Å²) in [6.45, 7) is 3.60. The van der Waals surface area contributed by atoms with Crippen molar-refractivity contribution in [3.05, 3.63) is 89.5 Å². The van der Waals surface area contributed by atoms with Gasteiger partial charge in [0.25, 0.3) is 5.91 Å².